The Bertz CT molecular complexity index is 1020. The molecular formula is C21H25F3N6O3S. The summed E-state index contributed by atoms with van der Waals surface area (Å²) in [6, 6.07) is 5.44. The molecule has 1 aromatic carbocycles. The predicted octanol–water partition coefficient (Wildman–Crippen LogP) is 2.18. The third-order valence-corrected chi connectivity index (χ3v) is 6.13. The molecule has 1 aliphatic heterocycles. The van der Waals surface area contributed by atoms with Crippen molar-refractivity contribution in [2.75, 3.05) is 18.9 Å². The molecule has 3 N–H and O–H groups in total. The highest BCUT2D eigenvalue weighted by molar-refractivity contribution is 7.10. The lowest BCUT2D eigenvalue weighted by Crippen LogP contribution is -2.56. The molecule has 0 radical (unpaired) electrons. The minimum atomic E-state index is -4.69. The standard InChI is InChI=1S/C21H25F3N6O3S/c1-12(25-2)17(31)26-14(11-21(22,23)24)20(33)30-10-6-9-15(30)18(32)27-19-16(28-29-34-19)13-7-4-3-5-8-13/h3-5,7-8,12,14-15,25H,6,9-11H2,1-2H3,(H,26,31)(H,27,32)/t12-,14-,15-/m0/s1. The first kappa shape index (κ1) is 25.6. The third-order valence-electron chi connectivity index (χ3n) is 5.49. The van der Waals surface area contributed by atoms with Gasteiger partial charge in [0.15, 0.2) is 0 Å². The van der Waals surface area contributed by atoms with E-state index in [1.807, 2.05) is 18.2 Å². The van der Waals surface area contributed by atoms with E-state index in [0.717, 1.165) is 22.0 Å². The van der Waals surface area contributed by atoms with Gasteiger partial charge in [0.1, 0.15) is 22.8 Å². The molecule has 34 heavy (non-hydrogen) atoms. The molecule has 1 aromatic heterocycles. The number of likely N-dealkylation sites (N-methyl/N-ethyl adjacent to an activating group) is 1. The minimum absolute atomic E-state index is 0.106. The van der Waals surface area contributed by atoms with Gasteiger partial charge in [0.2, 0.25) is 17.7 Å². The number of alkyl halides is 3. The van der Waals surface area contributed by atoms with E-state index in [-0.39, 0.29) is 13.0 Å². The van der Waals surface area contributed by atoms with E-state index in [1.165, 1.54) is 14.0 Å². The number of carbonyl (C=O) groups excluding carboxylic acids is 3. The number of hydrogen-bond donors (Lipinski definition) is 3. The summed E-state index contributed by atoms with van der Waals surface area (Å²) in [5.74, 6) is -2.24. The summed E-state index contributed by atoms with van der Waals surface area (Å²) in [5, 5.41) is 11.9. The first-order valence-corrected chi connectivity index (χ1v) is 11.4. The fourth-order valence-electron chi connectivity index (χ4n) is 3.62. The van der Waals surface area contributed by atoms with Gasteiger partial charge in [0, 0.05) is 23.6 Å². The number of likely N-dealkylation sites (tertiary alicyclic amines) is 1. The van der Waals surface area contributed by atoms with Crippen molar-refractivity contribution in [3.63, 3.8) is 0 Å². The van der Waals surface area contributed by atoms with Crippen molar-refractivity contribution in [1.82, 2.24) is 25.1 Å². The molecule has 1 fully saturated rings. The molecule has 184 valence electrons. The number of rotatable bonds is 8. The van der Waals surface area contributed by atoms with Crippen LogP contribution in [0.5, 0.6) is 0 Å². The van der Waals surface area contributed by atoms with Gasteiger partial charge in [-0.15, -0.1) is 5.10 Å². The molecule has 9 nitrogen and oxygen atoms in total. The maximum Gasteiger partial charge on any atom is 0.391 e. The third kappa shape index (κ3) is 6.29. The molecule has 13 heteroatoms. The Kier molecular flexibility index (Phi) is 8.20. The Morgan fingerprint density at radius 1 is 1.24 bits per heavy atom. The van der Waals surface area contributed by atoms with Crippen LogP contribution >= 0.6 is 11.5 Å². The highest BCUT2D eigenvalue weighted by atomic mass is 32.1. The van der Waals surface area contributed by atoms with Gasteiger partial charge in [0.25, 0.3) is 0 Å². The molecule has 2 aromatic rings. The number of nitrogens with one attached hydrogen (secondary N) is 3. The Hall–Kier alpha value is -3.06. The summed E-state index contributed by atoms with van der Waals surface area (Å²) in [4.78, 5) is 39.4. The van der Waals surface area contributed by atoms with Crippen molar-refractivity contribution in [2.24, 2.45) is 0 Å². The van der Waals surface area contributed by atoms with E-state index in [9.17, 15) is 27.6 Å². The number of halogens is 3. The van der Waals surface area contributed by atoms with Crippen molar-refractivity contribution in [2.45, 2.75) is 50.5 Å². The quantitative estimate of drug-likeness (QED) is 0.514. The van der Waals surface area contributed by atoms with E-state index in [0.29, 0.717) is 17.1 Å². The second-order valence-electron chi connectivity index (χ2n) is 7.89. The zero-order valence-electron chi connectivity index (χ0n) is 18.6. The van der Waals surface area contributed by atoms with Crippen LogP contribution in [0.3, 0.4) is 0 Å². The van der Waals surface area contributed by atoms with Gasteiger partial charge < -0.3 is 20.9 Å². The summed E-state index contributed by atoms with van der Waals surface area (Å²) < 4.78 is 43.4. The van der Waals surface area contributed by atoms with Crippen LogP contribution in [0.2, 0.25) is 0 Å². The largest absolute Gasteiger partial charge is 0.391 e. The van der Waals surface area contributed by atoms with Crippen molar-refractivity contribution >= 4 is 34.3 Å². The van der Waals surface area contributed by atoms with Gasteiger partial charge in [-0.1, -0.05) is 34.8 Å². The number of carbonyl (C=O) groups is 3. The fourth-order valence-corrected chi connectivity index (χ4v) is 4.21. The highest BCUT2D eigenvalue weighted by Gasteiger charge is 2.42. The Labute approximate surface area is 198 Å². The van der Waals surface area contributed by atoms with Crippen LogP contribution in [-0.4, -0.2) is 70.1 Å². The number of anilines is 1. The summed E-state index contributed by atoms with van der Waals surface area (Å²) in [7, 11) is 1.48. The molecule has 1 saturated heterocycles. The second kappa shape index (κ2) is 10.9. The Morgan fingerprint density at radius 2 is 1.94 bits per heavy atom. The predicted molar refractivity (Wildman–Crippen MR) is 120 cm³/mol. The van der Waals surface area contributed by atoms with Crippen LogP contribution in [-0.2, 0) is 14.4 Å². The Balaban J connectivity index is 1.76. The topological polar surface area (TPSA) is 116 Å². The van der Waals surface area contributed by atoms with Gasteiger partial charge in [0.05, 0.1) is 12.5 Å². The van der Waals surface area contributed by atoms with Crippen LogP contribution in [0.1, 0.15) is 26.2 Å². The fraction of sp³-hybridized carbons (Fsp3) is 0.476. The van der Waals surface area contributed by atoms with Gasteiger partial charge in [-0.05, 0) is 26.8 Å². The number of amides is 3. The van der Waals surface area contributed by atoms with E-state index in [4.69, 9.17) is 0 Å². The Morgan fingerprint density at radius 3 is 2.59 bits per heavy atom. The van der Waals surface area contributed by atoms with Crippen molar-refractivity contribution in [3.8, 4) is 11.3 Å². The van der Waals surface area contributed by atoms with Crippen LogP contribution < -0.4 is 16.0 Å². The zero-order valence-corrected chi connectivity index (χ0v) is 19.4. The van der Waals surface area contributed by atoms with Crippen LogP contribution in [0.25, 0.3) is 11.3 Å². The molecule has 0 aliphatic carbocycles. The molecule has 0 spiro atoms. The van der Waals surface area contributed by atoms with E-state index >= 15 is 0 Å². The number of nitrogens with zero attached hydrogens (tertiary/aromatic N) is 3. The number of aromatic nitrogens is 2. The van der Waals surface area contributed by atoms with Gasteiger partial charge in [-0.25, -0.2) is 0 Å². The minimum Gasteiger partial charge on any atom is -0.343 e. The highest BCUT2D eigenvalue weighted by Crippen LogP contribution is 2.30. The van der Waals surface area contributed by atoms with E-state index < -0.39 is 48.4 Å². The van der Waals surface area contributed by atoms with Crippen LogP contribution in [0.15, 0.2) is 30.3 Å². The first-order chi connectivity index (χ1) is 16.1. The summed E-state index contributed by atoms with van der Waals surface area (Å²) in [5.41, 5.74) is 1.19. The van der Waals surface area contributed by atoms with Crippen molar-refractivity contribution < 1.29 is 27.6 Å². The van der Waals surface area contributed by atoms with Crippen molar-refractivity contribution in [3.05, 3.63) is 30.3 Å². The maximum absolute atomic E-state index is 13.2. The SMILES string of the molecule is CN[C@@H](C)C(=O)N[C@@H](CC(F)(F)F)C(=O)N1CCC[C@H]1C(=O)Nc1snnc1-c1ccccc1. The molecule has 3 amide bonds. The normalized spacial score (nSPS) is 17.8. The van der Waals surface area contributed by atoms with Gasteiger partial charge in [-0.3, -0.25) is 14.4 Å². The van der Waals surface area contributed by atoms with Crippen LogP contribution in [0, 0.1) is 0 Å². The van der Waals surface area contributed by atoms with Gasteiger partial charge >= 0.3 is 6.18 Å². The van der Waals surface area contributed by atoms with Gasteiger partial charge in [-0.2, -0.15) is 13.2 Å². The van der Waals surface area contributed by atoms with Crippen LogP contribution in [0.4, 0.5) is 18.2 Å². The average molecular weight is 499 g/mol. The summed E-state index contributed by atoms with van der Waals surface area (Å²) in [6.45, 7) is 1.57. The monoisotopic (exact) mass is 498 g/mol. The molecule has 2 heterocycles. The van der Waals surface area contributed by atoms with E-state index in [1.54, 1.807) is 12.1 Å². The maximum atomic E-state index is 13.2. The summed E-state index contributed by atoms with van der Waals surface area (Å²) in [6.07, 6.45) is -5.50. The second-order valence-corrected chi connectivity index (χ2v) is 8.64. The number of benzene rings is 1. The molecule has 0 saturated carbocycles. The average Bonchev–Trinajstić information content (AvgIpc) is 3.47. The zero-order chi connectivity index (χ0) is 24.9. The first-order valence-electron chi connectivity index (χ1n) is 10.6. The van der Waals surface area contributed by atoms with E-state index in [2.05, 4.69) is 25.5 Å². The van der Waals surface area contributed by atoms with Crippen molar-refractivity contribution in [1.29, 1.82) is 0 Å². The molecular weight excluding hydrogens is 473 g/mol. The lowest BCUT2D eigenvalue weighted by molar-refractivity contribution is -0.157. The summed E-state index contributed by atoms with van der Waals surface area (Å²) >= 11 is 0.960. The molecule has 3 rings (SSSR count). The lowest BCUT2D eigenvalue weighted by atomic mass is 10.1. The number of hydrogen-bond acceptors (Lipinski definition) is 7. The lowest BCUT2D eigenvalue weighted by Gasteiger charge is -2.29. The molecule has 0 unspecified atom stereocenters. The molecule has 1 aliphatic rings. The smallest absolute Gasteiger partial charge is 0.343 e. The molecule has 3 atom stereocenters. The molecule has 0 bridgehead atoms.